The van der Waals surface area contributed by atoms with Crippen LogP contribution >= 0.6 is 0 Å². The Kier molecular flexibility index (Phi) is 3.54. The van der Waals surface area contributed by atoms with E-state index in [-0.39, 0.29) is 18.9 Å². The third-order valence-corrected chi connectivity index (χ3v) is 2.71. The van der Waals surface area contributed by atoms with E-state index in [2.05, 4.69) is 10.6 Å². The van der Waals surface area contributed by atoms with Gasteiger partial charge in [0.15, 0.2) is 5.78 Å². The predicted octanol–water partition coefficient (Wildman–Crippen LogP) is 0.419. The summed E-state index contributed by atoms with van der Waals surface area (Å²) in [5.41, 5.74) is 3.10. The fourth-order valence-corrected chi connectivity index (χ4v) is 1.86. The first-order valence-corrected chi connectivity index (χ1v) is 5.53. The van der Waals surface area contributed by atoms with Gasteiger partial charge in [0.1, 0.15) is 0 Å². The minimum Gasteiger partial charge on any atom is -0.395 e. The number of hydrogen-bond donors (Lipinski definition) is 3. The molecule has 2 rings (SSSR count). The van der Waals surface area contributed by atoms with Gasteiger partial charge in [0.2, 0.25) is 0 Å². The van der Waals surface area contributed by atoms with E-state index in [1.807, 2.05) is 18.2 Å². The zero-order valence-electron chi connectivity index (χ0n) is 9.12. The van der Waals surface area contributed by atoms with Gasteiger partial charge in [-0.2, -0.15) is 0 Å². The van der Waals surface area contributed by atoms with Gasteiger partial charge in [-0.05, 0) is 30.2 Å². The Morgan fingerprint density at radius 3 is 3.19 bits per heavy atom. The number of carbonyl (C=O) groups is 1. The molecule has 0 spiro atoms. The lowest BCUT2D eigenvalue weighted by molar-refractivity contribution is 0.0989. The average molecular weight is 220 g/mol. The van der Waals surface area contributed by atoms with E-state index in [0.717, 1.165) is 24.2 Å². The first kappa shape index (κ1) is 11.1. The molecule has 0 saturated carbocycles. The Labute approximate surface area is 94.7 Å². The summed E-state index contributed by atoms with van der Waals surface area (Å²) in [4.78, 5) is 11.8. The third-order valence-electron chi connectivity index (χ3n) is 2.71. The Morgan fingerprint density at radius 1 is 1.50 bits per heavy atom. The lowest BCUT2D eigenvalue weighted by Gasteiger charge is -2.05. The molecule has 0 radical (unpaired) electrons. The molecule has 4 heteroatoms. The molecule has 0 aliphatic carbocycles. The van der Waals surface area contributed by atoms with Crippen molar-refractivity contribution in [3.8, 4) is 0 Å². The average Bonchev–Trinajstić information content (AvgIpc) is 2.76. The number of hydrogen-bond acceptors (Lipinski definition) is 4. The van der Waals surface area contributed by atoms with Crippen LogP contribution in [-0.4, -0.2) is 37.1 Å². The monoisotopic (exact) mass is 220 g/mol. The SMILES string of the molecule is O=C(CNCCO)c1ccc2c(c1)CCN2. The molecule has 1 aromatic rings. The van der Waals surface area contributed by atoms with Crippen LogP contribution in [0.3, 0.4) is 0 Å². The van der Waals surface area contributed by atoms with Crippen LogP contribution in [0.2, 0.25) is 0 Å². The van der Waals surface area contributed by atoms with Crippen LogP contribution in [0.1, 0.15) is 15.9 Å². The fourth-order valence-electron chi connectivity index (χ4n) is 1.86. The Balaban J connectivity index is 2.01. The van der Waals surface area contributed by atoms with Crippen molar-refractivity contribution in [3.63, 3.8) is 0 Å². The molecule has 0 atom stereocenters. The highest BCUT2D eigenvalue weighted by Gasteiger charge is 2.12. The minimum atomic E-state index is 0.0569. The molecule has 16 heavy (non-hydrogen) atoms. The van der Waals surface area contributed by atoms with Crippen molar-refractivity contribution < 1.29 is 9.90 Å². The molecule has 1 aliphatic rings. The maximum absolute atomic E-state index is 11.8. The molecule has 0 bridgehead atoms. The van der Waals surface area contributed by atoms with Crippen LogP contribution in [-0.2, 0) is 6.42 Å². The standard InChI is InChI=1S/C12H16N2O2/c15-6-5-13-8-12(16)10-1-2-11-9(7-10)3-4-14-11/h1-2,7,13-15H,3-6,8H2. The maximum atomic E-state index is 11.8. The molecule has 4 nitrogen and oxygen atoms in total. The van der Waals surface area contributed by atoms with Gasteiger partial charge >= 0.3 is 0 Å². The van der Waals surface area contributed by atoms with E-state index in [1.54, 1.807) is 0 Å². The summed E-state index contributed by atoms with van der Waals surface area (Å²) in [6.45, 7) is 1.75. The van der Waals surface area contributed by atoms with E-state index < -0.39 is 0 Å². The van der Waals surface area contributed by atoms with Crippen molar-refractivity contribution in [3.05, 3.63) is 29.3 Å². The van der Waals surface area contributed by atoms with Crippen LogP contribution in [0, 0.1) is 0 Å². The number of fused-ring (bicyclic) bond motifs is 1. The summed E-state index contributed by atoms with van der Waals surface area (Å²) in [5, 5.41) is 14.7. The van der Waals surface area contributed by atoms with E-state index >= 15 is 0 Å². The predicted molar refractivity (Wildman–Crippen MR) is 62.9 cm³/mol. The van der Waals surface area contributed by atoms with Gasteiger partial charge in [-0.3, -0.25) is 4.79 Å². The molecule has 0 amide bonds. The fraction of sp³-hybridized carbons (Fsp3) is 0.417. The summed E-state index contributed by atoms with van der Waals surface area (Å²) >= 11 is 0. The normalized spacial score (nSPS) is 13.3. The van der Waals surface area contributed by atoms with Crippen molar-refractivity contribution in [2.75, 3.05) is 31.6 Å². The molecular formula is C12H16N2O2. The summed E-state index contributed by atoms with van der Waals surface area (Å²) in [5.74, 6) is 0.0724. The smallest absolute Gasteiger partial charge is 0.176 e. The van der Waals surface area contributed by atoms with Crippen molar-refractivity contribution >= 4 is 11.5 Å². The number of Topliss-reactive ketones (excluding diaryl/α,β-unsaturated/α-hetero) is 1. The number of anilines is 1. The molecule has 1 aromatic carbocycles. The number of aliphatic hydroxyl groups is 1. The van der Waals surface area contributed by atoms with Crippen LogP contribution in [0.5, 0.6) is 0 Å². The molecule has 1 aliphatic heterocycles. The molecule has 0 aromatic heterocycles. The quantitative estimate of drug-likeness (QED) is 0.497. The number of rotatable bonds is 5. The van der Waals surface area contributed by atoms with E-state index in [0.29, 0.717) is 6.54 Å². The zero-order valence-corrected chi connectivity index (χ0v) is 9.12. The second-order valence-corrected chi connectivity index (χ2v) is 3.87. The second-order valence-electron chi connectivity index (χ2n) is 3.87. The Morgan fingerprint density at radius 2 is 2.38 bits per heavy atom. The van der Waals surface area contributed by atoms with Crippen LogP contribution in [0.15, 0.2) is 18.2 Å². The topological polar surface area (TPSA) is 61.4 Å². The van der Waals surface area contributed by atoms with Gasteiger partial charge < -0.3 is 15.7 Å². The first-order valence-electron chi connectivity index (χ1n) is 5.53. The van der Waals surface area contributed by atoms with Gasteiger partial charge in [0, 0.05) is 24.3 Å². The Hall–Kier alpha value is -1.39. The highest BCUT2D eigenvalue weighted by molar-refractivity contribution is 5.98. The molecule has 0 unspecified atom stereocenters. The number of benzene rings is 1. The van der Waals surface area contributed by atoms with Crippen molar-refractivity contribution in [1.82, 2.24) is 5.32 Å². The molecule has 0 fully saturated rings. The second kappa shape index (κ2) is 5.09. The van der Waals surface area contributed by atoms with E-state index in [1.165, 1.54) is 5.56 Å². The highest BCUT2D eigenvalue weighted by atomic mass is 16.3. The van der Waals surface area contributed by atoms with Gasteiger partial charge in [-0.25, -0.2) is 0 Å². The molecular weight excluding hydrogens is 204 g/mol. The van der Waals surface area contributed by atoms with Crippen molar-refractivity contribution in [2.45, 2.75) is 6.42 Å². The minimum absolute atomic E-state index is 0.0569. The zero-order chi connectivity index (χ0) is 11.4. The van der Waals surface area contributed by atoms with Crippen molar-refractivity contribution in [1.29, 1.82) is 0 Å². The maximum Gasteiger partial charge on any atom is 0.176 e. The summed E-state index contributed by atoms with van der Waals surface area (Å²) in [7, 11) is 0. The van der Waals surface area contributed by atoms with Gasteiger partial charge in [-0.1, -0.05) is 0 Å². The summed E-state index contributed by atoms with van der Waals surface area (Å²) in [6.07, 6.45) is 0.987. The number of carbonyl (C=O) groups excluding carboxylic acids is 1. The van der Waals surface area contributed by atoms with Crippen LogP contribution in [0.25, 0.3) is 0 Å². The van der Waals surface area contributed by atoms with Gasteiger partial charge in [0.05, 0.1) is 13.2 Å². The lowest BCUT2D eigenvalue weighted by atomic mass is 10.1. The first-order chi connectivity index (χ1) is 7.81. The lowest BCUT2D eigenvalue weighted by Crippen LogP contribution is -2.25. The molecule has 1 heterocycles. The molecule has 86 valence electrons. The molecule has 0 saturated heterocycles. The summed E-state index contributed by atoms with van der Waals surface area (Å²) in [6, 6.07) is 5.76. The largest absolute Gasteiger partial charge is 0.395 e. The molecule has 3 N–H and O–H groups in total. The van der Waals surface area contributed by atoms with Crippen LogP contribution < -0.4 is 10.6 Å². The number of ketones is 1. The van der Waals surface area contributed by atoms with Crippen molar-refractivity contribution in [2.24, 2.45) is 0 Å². The van der Waals surface area contributed by atoms with Crippen LogP contribution in [0.4, 0.5) is 5.69 Å². The number of aliphatic hydroxyl groups excluding tert-OH is 1. The van der Waals surface area contributed by atoms with E-state index in [9.17, 15) is 4.79 Å². The number of nitrogens with one attached hydrogen (secondary N) is 2. The Bertz CT molecular complexity index is 391. The third kappa shape index (κ3) is 2.40. The highest BCUT2D eigenvalue weighted by Crippen LogP contribution is 2.22. The van der Waals surface area contributed by atoms with E-state index in [4.69, 9.17) is 5.11 Å². The summed E-state index contributed by atoms with van der Waals surface area (Å²) < 4.78 is 0. The van der Waals surface area contributed by atoms with Gasteiger partial charge in [-0.15, -0.1) is 0 Å². The van der Waals surface area contributed by atoms with Gasteiger partial charge in [0.25, 0.3) is 0 Å².